The summed E-state index contributed by atoms with van der Waals surface area (Å²) in [6, 6.07) is 0. The van der Waals surface area contributed by atoms with E-state index < -0.39 is 11.8 Å². The van der Waals surface area contributed by atoms with Crippen LogP contribution in [0.1, 0.15) is 0 Å². The summed E-state index contributed by atoms with van der Waals surface area (Å²) in [5.41, 5.74) is 5.07. The van der Waals surface area contributed by atoms with Crippen molar-refractivity contribution in [2.45, 2.75) is 0 Å². The molecule has 0 saturated carbocycles. The van der Waals surface area contributed by atoms with Crippen LogP contribution in [0.3, 0.4) is 0 Å². The number of carbonyl (C=O) groups is 2. The van der Waals surface area contributed by atoms with E-state index in [1.165, 1.54) is 4.90 Å². The zero-order valence-electron chi connectivity index (χ0n) is 5.76. The van der Waals surface area contributed by atoms with Gasteiger partial charge < -0.3 is 10.6 Å². The summed E-state index contributed by atoms with van der Waals surface area (Å²) < 4.78 is 0. The van der Waals surface area contributed by atoms with E-state index in [2.05, 4.69) is 5.32 Å². The molecule has 0 atom stereocenters. The number of hydrogen-bond donors (Lipinski definition) is 3. The number of rotatable bonds is 0. The second-order valence-corrected chi connectivity index (χ2v) is 2.21. The number of nitrogens with zero attached hydrogens (tertiary/aromatic N) is 1. The minimum atomic E-state index is -0.420. The van der Waals surface area contributed by atoms with Gasteiger partial charge in [0.25, 0.3) is 0 Å². The van der Waals surface area contributed by atoms with Crippen LogP contribution in [0.15, 0.2) is 0 Å². The van der Waals surface area contributed by atoms with Crippen molar-refractivity contribution >= 4 is 17.8 Å². The van der Waals surface area contributed by atoms with Gasteiger partial charge in [-0.1, -0.05) is 0 Å². The van der Waals surface area contributed by atoms with E-state index >= 15 is 0 Å². The molecule has 1 heterocycles. The Balaban J connectivity index is 2.63. The lowest BCUT2D eigenvalue weighted by Crippen LogP contribution is -2.54. The van der Waals surface area contributed by atoms with E-state index in [9.17, 15) is 9.59 Å². The highest BCUT2D eigenvalue weighted by Crippen LogP contribution is 1.91. The first kappa shape index (κ1) is 7.52. The standard InChI is InChI=1S/C5H8N4O2/c6-5(7)9-1-3(10)8-4(11)2-9/h1-2H2,(H3,6,7)(H,8,10,11). The van der Waals surface area contributed by atoms with Gasteiger partial charge in [-0.05, 0) is 0 Å². The molecule has 1 rings (SSSR count). The van der Waals surface area contributed by atoms with Gasteiger partial charge in [0.15, 0.2) is 5.96 Å². The summed E-state index contributed by atoms with van der Waals surface area (Å²) in [4.78, 5) is 22.5. The lowest BCUT2D eigenvalue weighted by Gasteiger charge is -2.24. The molecular weight excluding hydrogens is 148 g/mol. The second kappa shape index (κ2) is 2.57. The molecule has 0 bridgehead atoms. The van der Waals surface area contributed by atoms with Crippen LogP contribution in [0.5, 0.6) is 0 Å². The number of imide groups is 1. The van der Waals surface area contributed by atoms with E-state index in [1.54, 1.807) is 0 Å². The van der Waals surface area contributed by atoms with Gasteiger partial charge >= 0.3 is 0 Å². The molecular formula is C5H8N4O2. The van der Waals surface area contributed by atoms with Crippen LogP contribution in [0.25, 0.3) is 0 Å². The average Bonchev–Trinajstić information content (AvgIpc) is 1.85. The third kappa shape index (κ3) is 1.66. The Morgan fingerprint density at radius 1 is 1.45 bits per heavy atom. The van der Waals surface area contributed by atoms with Crippen LogP contribution in [0.2, 0.25) is 0 Å². The van der Waals surface area contributed by atoms with E-state index in [1.807, 2.05) is 0 Å². The zero-order chi connectivity index (χ0) is 8.43. The minimum Gasteiger partial charge on any atom is -0.370 e. The normalized spacial score (nSPS) is 18.0. The van der Waals surface area contributed by atoms with Crippen LogP contribution in [-0.2, 0) is 9.59 Å². The fourth-order valence-electron chi connectivity index (χ4n) is 0.808. The molecule has 11 heavy (non-hydrogen) atoms. The van der Waals surface area contributed by atoms with Crippen molar-refractivity contribution in [3.63, 3.8) is 0 Å². The molecule has 1 fully saturated rings. The van der Waals surface area contributed by atoms with Crippen LogP contribution in [0.4, 0.5) is 0 Å². The number of guanidine groups is 1. The quantitative estimate of drug-likeness (QED) is 0.211. The topological polar surface area (TPSA) is 99.3 Å². The summed E-state index contributed by atoms with van der Waals surface area (Å²) >= 11 is 0. The van der Waals surface area contributed by atoms with E-state index in [0.29, 0.717) is 0 Å². The molecule has 0 aromatic carbocycles. The maximum absolute atomic E-state index is 10.7. The molecule has 6 nitrogen and oxygen atoms in total. The average molecular weight is 156 g/mol. The summed E-state index contributed by atoms with van der Waals surface area (Å²) in [6.07, 6.45) is 0. The Kier molecular flexibility index (Phi) is 1.75. The first-order valence-electron chi connectivity index (χ1n) is 3.01. The number of piperazine rings is 1. The van der Waals surface area contributed by atoms with E-state index in [0.717, 1.165) is 0 Å². The summed E-state index contributed by atoms with van der Waals surface area (Å²) in [5, 5.41) is 9.03. The van der Waals surface area contributed by atoms with Crippen molar-refractivity contribution in [2.75, 3.05) is 13.1 Å². The van der Waals surface area contributed by atoms with Crippen molar-refractivity contribution in [3.05, 3.63) is 0 Å². The van der Waals surface area contributed by atoms with Crippen LogP contribution in [0, 0.1) is 5.41 Å². The van der Waals surface area contributed by atoms with Gasteiger partial charge in [0.1, 0.15) is 13.1 Å². The molecule has 0 unspecified atom stereocenters. The highest BCUT2D eigenvalue weighted by Gasteiger charge is 2.22. The molecule has 1 saturated heterocycles. The minimum absolute atomic E-state index is 0.0128. The van der Waals surface area contributed by atoms with Gasteiger partial charge in [0.2, 0.25) is 11.8 Å². The van der Waals surface area contributed by atoms with Gasteiger partial charge in [0, 0.05) is 0 Å². The smallest absolute Gasteiger partial charge is 0.246 e. The number of amides is 2. The van der Waals surface area contributed by atoms with Gasteiger partial charge in [-0.25, -0.2) is 0 Å². The SMILES string of the molecule is N=C(N)N1CC(=O)NC(=O)C1. The van der Waals surface area contributed by atoms with Gasteiger partial charge in [0.05, 0.1) is 0 Å². The van der Waals surface area contributed by atoms with Crippen molar-refractivity contribution in [1.82, 2.24) is 10.2 Å². The predicted octanol–water partition coefficient (Wildman–Crippen LogP) is -2.16. The first-order chi connectivity index (χ1) is 5.09. The van der Waals surface area contributed by atoms with Crippen molar-refractivity contribution < 1.29 is 9.59 Å². The first-order valence-corrected chi connectivity index (χ1v) is 3.01. The Morgan fingerprint density at radius 3 is 2.27 bits per heavy atom. The lowest BCUT2D eigenvalue weighted by atomic mass is 10.3. The monoisotopic (exact) mass is 156 g/mol. The maximum atomic E-state index is 10.7. The summed E-state index contributed by atoms with van der Waals surface area (Å²) in [5.74, 6) is -1.10. The molecule has 0 aliphatic carbocycles. The second-order valence-electron chi connectivity index (χ2n) is 2.21. The third-order valence-electron chi connectivity index (χ3n) is 1.29. The molecule has 4 N–H and O–H groups in total. The van der Waals surface area contributed by atoms with Gasteiger partial charge in [-0.2, -0.15) is 0 Å². The fourth-order valence-corrected chi connectivity index (χ4v) is 0.808. The zero-order valence-corrected chi connectivity index (χ0v) is 5.76. The highest BCUT2D eigenvalue weighted by molar-refractivity contribution is 6.02. The Morgan fingerprint density at radius 2 is 1.91 bits per heavy atom. The largest absolute Gasteiger partial charge is 0.370 e. The number of nitrogens with two attached hydrogens (primary N) is 1. The lowest BCUT2D eigenvalue weighted by molar-refractivity contribution is -0.134. The Labute approximate surface area is 62.9 Å². The van der Waals surface area contributed by atoms with E-state index in [4.69, 9.17) is 11.1 Å². The maximum Gasteiger partial charge on any atom is 0.246 e. The fraction of sp³-hybridized carbons (Fsp3) is 0.400. The highest BCUT2D eigenvalue weighted by atomic mass is 16.2. The number of nitrogens with one attached hydrogen (secondary N) is 2. The number of carbonyl (C=O) groups excluding carboxylic acids is 2. The molecule has 0 radical (unpaired) electrons. The molecule has 0 aromatic heterocycles. The van der Waals surface area contributed by atoms with Gasteiger partial charge in [-0.3, -0.25) is 20.3 Å². The number of hydrogen-bond acceptors (Lipinski definition) is 3. The Hall–Kier alpha value is -1.59. The molecule has 1 aliphatic rings. The van der Waals surface area contributed by atoms with Gasteiger partial charge in [-0.15, -0.1) is 0 Å². The van der Waals surface area contributed by atoms with Crippen molar-refractivity contribution in [1.29, 1.82) is 5.41 Å². The van der Waals surface area contributed by atoms with Crippen LogP contribution < -0.4 is 11.1 Å². The summed E-state index contributed by atoms with van der Waals surface area (Å²) in [7, 11) is 0. The molecule has 1 aliphatic heterocycles. The Bertz CT molecular complexity index is 209. The van der Waals surface area contributed by atoms with Crippen molar-refractivity contribution in [2.24, 2.45) is 5.73 Å². The van der Waals surface area contributed by atoms with Crippen LogP contribution >= 0.6 is 0 Å². The van der Waals surface area contributed by atoms with Crippen molar-refractivity contribution in [3.8, 4) is 0 Å². The molecule has 60 valence electrons. The third-order valence-corrected chi connectivity index (χ3v) is 1.29. The van der Waals surface area contributed by atoms with Crippen LogP contribution in [-0.4, -0.2) is 35.8 Å². The molecule has 2 amide bonds. The molecule has 6 heteroatoms. The molecule has 0 aromatic rings. The predicted molar refractivity (Wildman–Crippen MR) is 36.6 cm³/mol. The summed E-state index contributed by atoms with van der Waals surface area (Å²) in [6.45, 7) is -0.0256. The van der Waals surface area contributed by atoms with E-state index in [-0.39, 0.29) is 19.0 Å². The molecule has 0 spiro atoms.